The Morgan fingerprint density at radius 2 is 2.00 bits per heavy atom. The van der Waals surface area contributed by atoms with Crippen LogP contribution >= 0.6 is 0 Å². The number of halogens is 5. The van der Waals surface area contributed by atoms with E-state index in [1.54, 1.807) is 0 Å². The third-order valence-electron chi connectivity index (χ3n) is 1.93. The van der Waals surface area contributed by atoms with Crippen LogP contribution in [0.15, 0.2) is 6.07 Å². The van der Waals surface area contributed by atoms with E-state index in [1.807, 2.05) is 0 Å². The van der Waals surface area contributed by atoms with Gasteiger partial charge in [-0.3, -0.25) is 4.98 Å². The second-order valence-electron chi connectivity index (χ2n) is 3.19. The number of aromatic nitrogens is 1. The maximum absolute atomic E-state index is 12.6. The maximum Gasteiger partial charge on any atom is 0.573 e. The van der Waals surface area contributed by atoms with Gasteiger partial charge in [0.25, 0.3) is 6.43 Å². The zero-order valence-corrected chi connectivity index (χ0v) is 8.84. The topological polar surface area (TPSA) is 68.4 Å². The van der Waals surface area contributed by atoms with Gasteiger partial charge in [0.1, 0.15) is 0 Å². The molecule has 0 spiro atoms. The van der Waals surface area contributed by atoms with Crippen molar-refractivity contribution in [3.8, 4) is 5.75 Å². The van der Waals surface area contributed by atoms with Crippen LogP contribution in [0.5, 0.6) is 5.75 Å². The molecule has 3 N–H and O–H groups in total. The highest BCUT2D eigenvalue weighted by atomic mass is 19.4. The second kappa shape index (κ2) is 5.44. The Balaban J connectivity index is 3.35. The first-order chi connectivity index (χ1) is 8.28. The first kappa shape index (κ1) is 14.6. The van der Waals surface area contributed by atoms with E-state index in [1.165, 1.54) is 0 Å². The normalized spacial score (nSPS) is 12.0. The van der Waals surface area contributed by atoms with Crippen LogP contribution in [0.3, 0.4) is 0 Å². The highest BCUT2D eigenvalue weighted by Crippen LogP contribution is 2.35. The fraction of sp³-hybridized carbons (Fsp3) is 0.444. The van der Waals surface area contributed by atoms with Gasteiger partial charge in [0.15, 0.2) is 5.75 Å². The number of aliphatic hydroxyl groups is 1. The molecule has 0 saturated carbocycles. The van der Waals surface area contributed by atoms with Gasteiger partial charge in [0.05, 0.1) is 23.6 Å². The van der Waals surface area contributed by atoms with Gasteiger partial charge in [-0.15, -0.1) is 13.2 Å². The predicted molar refractivity (Wildman–Crippen MR) is 49.7 cm³/mol. The van der Waals surface area contributed by atoms with Crippen molar-refractivity contribution in [3.63, 3.8) is 0 Å². The molecule has 1 rings (SSSR count). The zero-order chi connectivity index (χ0) is 13.9. The SMILES string of the molecule is NCc1nc(CO)cc(C(F)F)c1OC(F)(F)F. The number of rotatable bonds is 4. The Morgan fingerprint density at radius 1 is 1.39 bits per heavy atom. The van der Waals surface area contributed by atoms with Crippen molar-refractivity contribution in [3.05, 3.63) is 23.0 Å². The number of hydrogen-bond donors (Lipinski definition) is 2. The molecule has 0 amide bonds. The first-order valence-electron chi connectivity index (χ1n) is 4.66. The number of nitrogens with two attached hydrogens (primary N) is 1. The van der Waals surface area contributed by atoms with Crippen molar-refractivity contribution in [1.29, 1.82) is 0 Å². The van der Waals surface area contributed by atoms with Crippen LogP contribution in [0.4, 0.5) is 22.0 Å². The van der Waals surface area contributed by atoms with Gasteiger partial charge in [-0.05, 0) is 6.07 Å². The Morgan fingerprint density at radius 3 is 2.39 bits per heavy atom. The predicted octanol–water partition coefficient (Wildman–Crippen LogP) is 1.87. The molecule has 0 radical (unpaired) electrons. The molecule has 0 bridgehead atoms. The van der Waals surface area contributed by atoms with E-state index < -0.39 is 42.9 Å². The molecular weight excluding hydrogens is 263 g/mol. The van der Waals surface area contributed by atoms with E-state index in [-0.39, 0.29) is 5.69 Å². The van der Waals surface area contributed by atoms with Crippen LogP contribution in [0.2, 0.25) is 0 Å². The first-order valence-corrected chi connectivity index (χ1v) is 4.66. The van der Waals surface area contributed by atoms with Crippen LogP contribution in [0, 0.1) is 0 Å². The van der Waals surface area contributed by atoms with Crippen LogP contribution < -0.4 is 10.5 Å². The number of ether oxygens (including phenoxy) is 1. The standard InChI is InChI=1S/C9H9F5N2O2/c10-8(11)5-1-4(3-17)16-6(2-15)7(5)18-9(12,13)14/h1,8,17H,2-3,15H2. The summed E-state index contributed by atoms with van der Waals surface area (Å²) in [5.74, 6) is -1.11. The lowest BCUT2D eigenvalue weighted by molar-refractivity contribution is -0.275. The highest BCUT2D eigenvalue weighted by molar-refractivity contribution is 5.40. The van der Waals surface area contributed by atoms with Gasteiger partial charge in [-0.2, -0.15) is 0 Å². The molecule has 18 heavy (non-hydrogen) atoms. The molecule has 1 aromatic rings. The molecule has 102 valence electrons. The van der Waals surface area contributed by atoms with Gasteiger partial charge < -0.3 is 15.6 Å². The highest BCUT2D eigenvalue weighted by Gasteiger charge is 2.35. The van der Waals surface area contributed by atoms with Crippen molar-refractivity contribution in [2.24, 2.45) is 5.73 Å². The lowest BCUT2D eigenvalue weighted by atomic mass is 10.1. The summed E-state index contributed by atoms with van der Waals surface area (Å²) in [6.07, 6.45) is -8.34. The lowest BCUT2D eigenvalue weighted by Gasteiger charge is -2.16. The average molecular weight is 272 g/mol. The van der Waals surface area contributed by atoms with Crippen molar-refractivity contribution in [1.82, 2.24) is 4.98 Å². The smallest absolute Gasteiger partial charge is 0.403 e. The molecule has 1 heterocycles. The average Bonchev–Trinajstić information content (AvgIpc) is 2.26. The molecule has 0 aliphatic rings. The Bertz CT molecular complexity index is 422. The van der Waals surface area contributed by atoms with E-state index in [9.17, 15) is 22.0 Å². The monoisotopic (exact) mass is 272 g/mol. The van der Waals surface area contributed by atoms with Crippen molar-refractivity contribution < 1.29 is 31.8 Å². The number of pyridine rings is 1. The van der Waals surface area contributed by atoms with Gasteiger partial charge in [-0.25, -0.2) is 8.78 Å². The van der Waals surface area contributed by atoms with E-state index in [4.69, 9.17) is 10.8 Å². The minimum absolute atomic E-state index is 0.208. The summed E-state index contributed by atoms with van der Waals surface area (Å²) in [5.41, 5.74) is 3.42. The molecular formula is C9H9F5N2O2. The largest absolute Gasteiger partial charge is 0.573 e. The fourth-order valence-corrected chi connectivity index (χ4v) is 1.28. The third-order valence-corrected chi connectivity index (χ3v) is 1.93. The molecule has 0 aliphatic heterocycles. The molecule has 0 aromatic carbocycles. The van der Waals surface area contributed by atoms with E-state index in [2.05, 4.69) is 9.72 Å². The summed E-state index contributed by atoms with van der Waals surface area (Å²) in [6.45, 7) is -1.22. The van der Waals surface area contributed by atoms with Gasteiger partial charge in [0.2, 0.25) is 0 Å². The Kier molecular flexibility index (Phi) is 4.41. The summed E-state index contributed by atoms with van der Waals surface area (Å²) in [6, 6.07) is 0.644. The number of aliphatic hydroxyl groups excluding tert-OH is 1. The number of alkyl halides is 5. The lowest BCUT2D eigenvalue weighted by Crippen LogP contribution is -2.21. The van der Waals surface area contributed by atoms with Crippen LogP contribution in [-0.2, 0) is 13.2 Å². The molecule has 0 saturated heterocycles. The Hall–Kier alpha value is -1.48. The molecule has 9 heteroatoms. The van der Waals surface area contributed by atoms with Gasteiger partial charge in [-0.1, -0.05) is 0 Å². The minimum atomic E-state index is -5.13. The van der Waals surface area contributed by atoms with Gasteiger partial charge >= 0.3 is 6.36 Å². The molecule has 0 unspecified atom stereocenters. The summed E-state index contributed by atoms with van der Waals surface area (Å²) in [7, 11) is 0. The van der Waals surface area contributed by atoms with E-state index in [0.717, 1.165) is 0 Å². The summed E-state index contributed by atoms with van der Waals surface area (Å²) in [5, 5.41) is 8.78. The molecule has 0 atom stereocenters. The third kappa shape index (κ3) is 3.50. The summed E-state index contributed by atoms with van der Waals surface area (Å²) < 4.78 is 65.1. The van der Waals surface area contributed by atoms with Crippen LogP contribution in [-0.4, -0.2) is 16.5 Å². The van der Waals surface area contributed by atoms with Crippen molar-refractivity contribution >= 4 is 0 Å². The quantitative estimate of drug-likeness (QED) is 0.821. The van der Waals surface area contributed by atoms with Crippen molar-refractivity contribution in [2.75, 3.05) is 0 Å². The maximum atomic E-state index is 12.6. The number of nitrogens with zero attached hydrogens (tertiary/aromatic N) is 1. The minimum Gasteiger partial charge on any atom is -0.403 e. The van der Waals surface area contributed by atoms with Crippen LogP contribution in [0.25, 0.3) is 0 Å². The number of hydrogen-bond acceptors (Lipinski definition) is 4. The molecule has 1 aromatic heterocycles. The second-order valence-corrected chi connectivity index (χ2v) is 3.19. The molecule has 0 fully saturated rings. The fourth-order valence-electron chi connectivity index (χ4n) is 1.28. The van der Waals surface area contributed by atoms with Crippen molar-refractivity contribution in [2.45, 2.75) is 25.9 Å². The zero-order valence-electron chi connectivity index (χ0n) is 8.84. The van der Waals surface area contributed by atoms with Crippen LogP contribution in [0.1, 0.15) is 23.4 Å². The summed E-state index contributed by atoms with van der Waals surface area (Å²) >= 11 is 0. The van der Waals surface area contributed by atoms with E-state index >= 15 is 0 Å². The molecule has 0 aliphatic carbocycles. The van der Waals surface area contributed by atoms with E-state index in [0.29, 0.717) is 6.07 Å². The molecule has 4 nitrogen and oxygen atoms in total. The summed E-state index contributed by atoms with van der Waals surface area (Å²) in [4.78, 5) is 3.50. The Labute approximate surface area is 98.2 Å². The van der Waals surface area contributed by atoms with Gasteiger partial charge in [0, 0.05) is 6.54 Å².